The van der Waals surface area contributed by atoms with Crippen molar-refractivity contribution in [1.82, 2.24) is 10.3 Å². The molecular weight excluding hydrogens is 236 g/mol. The number of hydrogen-bond acceptors (Lipinski definition) is 3. The number of nitrogens with zero attached hydrogens (tertiary/aromatic N) is 1. The van der Waals surface area contributed by atoms with Crippen LogP contribution in [0.1, 0.15) is 43.9 Å². The molecule has 0 radical (unpaired) electrons. The maximum absolute atomic E-state index is 5.71. The first-order chi connectivity index (χ1) is 9.29. The van der Waals surface area contributed by atoms with E-state index in [9.17, 15) is 0 Å². The van der Waals surface area contributed by atoms with Crippen LogP contribution < -0.4 is 5.32 Å². The quantitative estimate of drug-likeness (QED) is 0.820. The lowest BCUT2D eigenvalue weighted by molar-refractivity contribution is 0.0996. The van der Waals surface area contributed by atoms with Crippen molar-refractivity contribution >= 4 is 0 Å². The number of aromatic nitrogens is 1. The lowest BCUT2D eigenvalue weighted by atomic mass is 10.00. The fraction of sp³-hybridized carbons (Fsp3) is 0.688. The van der Waals surface area contributed by atoms with Gasteiger partial charge in [0.1, 0.15) is 0 Å². The molecule has 2 unspecified atom stereocenters. The Kier molecular flexibility index (Phi) is 5.80. The first-order valence-electron chi connectivity index (χ1n) is 7.55. The molecule has 0 amide bonds. The van der Waals surface area contributed by atoms with Crippen LogP contribution in [0.15, 0.2) is 18.3 Å². The molecule has 1 fully saturated rings. The lowest BCUT2D eigenvalue weighted by Crippen LogP contribution is -2.32. The topological polar surface area (TPSA) is 34.1 Å². The van der Waals surface area contributed by atoms with E-state index < -0.39 is 0 Å². The van der Waals surface area contributed by atoms with Crippen LogP contribution in [-0.4, -0.2) is 30.3 Å². The summed E-state index contributed by atoms with van der Waals surface area (Å²) in [5, 5.41) is 3.59. The summed E-state index contributed by atoms with van der Waals surface area (Å²) >= 11 is 0. The highest BCUT2D eigenvalue weighted by Crippen LogP contribution is 2.19. The first-order valence-corrected chi connectivity index (χ1v) is 7.55. The summed E-state index contributed by atoms with van der Waals surface area (Å²) in [6.45, 7) is 6.29. The minimum Gasteiger partial charge on any atom is -0.378 e. The number of likely N-dealkylation sites (N-methyl/N-ethyl adjacent to an activating group) is 1. The van der Waals surface area contributed by atoms with E-state index in [-0.39, 0.29) is 0 Å². The van der Waals surface area contributed by atoms with Gasteiger partial charge < -0.3 is 10.1 Å². The van der Waals surface area contributed by atoms with Gasteiger partial charge in [0, 0.05) is 31.0 Å². The second kappa shape index (κ2) is 7.61. The summed E-state index contributed by atoms with van der Waals surface area (Å²) < 4.78 is 5.71. The van der Waals surface area contributed by atoms with Crippen molar-refractivity contribution in [3.8, 4) is 0 Å². The molecule has 0 bridgehead atoms. The first kappa shape index (κ1) is 14.5. The third-order valence-electron chi connectivity index (χ3n) is 3.91. The number of hydrogen-bond donors (Lipinski definition) is 1. The Morgan fingerprint density at radius 3 is 3.11 bits per heavy atom. The van der Waals surface area contributed by atoms with Gasteiger partial charge in [0.2, 0.25) is 0 Å². The zero-order valence-corrected chi connectivity index (χ0v) is 12.2. The number of nitrogens with one attached hydrogen (secondary N) is 1. The molecule has 19 heavy (non-hydrogen) atoms. The van der Waals surface area contributed by atoms with Crippen molar-refractivity contribution < 1.29 is 4.74 Å². The number of aryl methyl sites for hydroxylation is 1. The highest BCUT2D eigenvalue weighted by molar-refractivity contribution is 5.18. The lowest BCUT2D eigenvalue weighted by Gasteiger charge is -2.20. The standard InChI is InChI=1S/C16H26N2O/c1-3-17-14(8-9-15-7-5-11-19-15)12-16-13(2)6-4-10-18-16/h4,6,10,14-15,17H,3,5,7-9,11-12H2,1-2H3. The van der Waals surface area contributed by atoms with Crippen LogP contribution >= 0.6 is 0 Å². The zero-order valence-electron chi connectivity index (χ0n) is 12.2. The number of pyridine rings is 1. The normalized spacial score (nSPS) is 20.6. The molecule has 1 saturated heterocycles. The molecule has 3 nitrogen and oxygen atoms in total. The molecule has 1 N–H and O–H groups in total. The van der Waals surface area contributed by atoms with Gasteiger partial charge in [0.15, 0.2) is 0 Å². The Bertz CT molecular complexity index is 375. The molecule has 0 aliphatic carbocycles. The van der Waals surface area contributed by atoms with Gasteiger partial charge in [-0.3, -0.25) is 4.98 Å². The molecule has 106 valence electrons. The molecule has 0 spiro atoms. The molecule has 2 heterocycles. The predicted octanol–water partition coefficient (Wildman–Crippen LogP) is 2.87. The van der Waals surface area contributed by atoms with Crippen LogP contribution in [0.25, 0.3) is 0 Å². The summed E-state index contributed by atoms with van der Waals surface area (Å²) in [6.07, 6.45) is 8.22. The van der Waals surface area contributed by atoms with Crippen LogP contribution in [0.4, 0.5) is 0 Å². The van der Waals surface area contributed by atoms with Crippen LogP contribution in [0, 0.1) is 6.92 Å². The van der Waals surface area contributed by atoms with E-state index in [4.69, 9.17) is 4.74 Å². The number of rotatable bonds is 7. The Morgan fingerprint density at radius 1 is 1.53 bits per heavy atom. The molecular formula is C16H26N2O. The van der Waals surface area contributed by atoms with Crippen LogP contribution in [0.2, 0.25) is 0 Å². The molecule has 1 aliphatic heterocycles. The molecule has 2 atom stereocenters. The largest absolute Gasteiger partial charge is 0.378 e. The minimum absolute atomic E-state index is 0.492. The van der Waals surface area contributed by atoms with Gasteiger partial charge in [-0.1, -0.05) is 13.0 Å². The molecule has 1 aliphatic rings. The third-order valence-corrected chi connectivity index (χ3v) is 3.91. The van der Waals surface area contributed by atoms with E-state index in [1.165, 1.54) is 36.9 Å². The number of ether oxygens (including phenoxy) is 1. The Labute approximate surface area is 116 Å². The molecule has 3 heteroatoms. The second-order valence-electron chi connectivity index (χ2n) is 5.44. The van der Waals surface area contributed by atoms with E-state index in [0.29, 0.717) is 12.1 Å². The minimum atomic E-state index is 0.492. The van der Waals surface area contributed by atoms with Crippen molar-refractivity contribution in [2.45, 2.75) is 58.1 Å². The monoisotopic (exact) mass is 262 g/mol. The maximum Gasteiger partial charge on any atom is 0.0576 e. The highest BCUT2D eigenvalue weighted by Gasteiger charge is 2.18. The molecule has 1 aromatic heterocycles. The van der Waals surface area contributed by atoms with Crippen molar-refractivity contribution in [1.29, 1.82) is 0 Å². The zero-order chi connectivity index (χ0) is 13.5. The highest BCUT2D eigenvalue weighted by atomic mass is 16.5. The SMILES string of the molecule is CCNC(CCC1CCCO1)Cc1ncccc1C. The average molecular weight is 262 g/mol. The summed E-state index contributed by atoms with van der Waals surface area (Å²) in [5.41, 5.74) is 2.52. The second-order valence-corrected chi connectivity index (χ2v) is 5.44. The third kappa shape index (κ3) is 4.59. The summed E-state index contributed by atoms with van der Waals surface area (Å²) in [5.74, 6) is 0. The van der Waals surface area contributed by atoms with E-state index >= 15 is 0 Å². The summed E-state index contributed by atoms with van der Waals surface area (Å²) in [7, 11) is 0. The Hall–Kier alpha value is -0.930. The van der Waals surface area contributed by atoms with Crippen LogP contribution in [0.3, 0.4) is 0 Å². The van der Waals surface area contributed by atoms with Gasteiger partial charge in [-0.2, -0.15) is 0 Å². The smallest absolute Gasteiger partial charge is 0.0576 e. The fourth-order valence-electron chi connectivity index (χ4n) is 2.79. The predicted molar refractivity (Wildman–Crippen MR) is 78.4 cm³/mol. The maximum atomic E-state index is 5.71. The van der Waals surface area contributed by atoms with Gasteiger partial charge in [-0.25, -0.2) is 0 Å². The van der Waals surface area contributed by atoms with Crippen LogP contribution in [0.5, 0.6) is 0 Å². The Morgan fingerprint density at radius 2 is 2.42 bits per heavy atom. The molecule has 2 rings (SSSR count). The van der Waals surface area contributed by atoms with Gasteiger partial charge in [0.05, 0.1) is 6.10 Å². The van der Waals surface area contributed by atoms with Crippen molar-refractivity contribution in [2.75, 3.05) is 13.2 Å². The summed E-state index contributed by atoms with van der Waals surface area (Å²) in [6, 6.07) is 4.67. The molecule has 0 aromatic carbocycles. The average Bonchev–Trinajstić information content (AvgIpc) is 2.92. The molecule has 0 saturated carbocycles. The summed E-state index contributed by atoms with van der Waals surface area (Å²) in [4.78, 5) is 4.51. The van der Waals surface area contributed by atoms with E-state index in [0.717, 1.165) is 19.6 Å². The van der Waals surface area contributed by atoms with Gasteiger partial charge in [-0.05, 0) is 50.8 Å². The molecule has 1 aromatic rings. The van der Waals surface area contributed by atoms with Gasteiger partial charge >= 0.3 is 0 Å². The van der Waals surface area contributed by atoms with Crippen molar-refractivity contribution in [2.24, 2.45) is 0 Å². The van der Waals surface area contributed by atoms with E-state index in [1.807, 2.05) is 12.3 Å². The van der Waals surface area contributed by atoms with E-state index in [1.54, 1.807) is 0 Å². The van der Waals surface area contributed by atoms with Gasteiger partial charge in [0.25, 0.3) is 0 Å². The Balaban J connectivity index is 1.86. The van der Waals surface area contributed by atoms with Gasteiger partial charge in [-0.15, -0.1) is 0 Å². The van der Waals surface area contributed by atoms with E-state index in [2.05, 4.69) is 30.2 Å². The van der Waals surface area contributed by atoms with Crippen molar-refractivity contribution in [3.05, 3.63) is 29.6 Å². The van der Waals surface area contributed by atoms with Crippen molar-refractivity contribution in [3.63, 3.8) is 0 Å². The fourth-order valence-corrected chi connectivity index (χ4v) is 2.79. The van der Waals surface area contributed by atoms with Crippen LogP contribution in [-0.2, 0) is 11.2 Å².